The number of rotatable bonds is 2. The summed E-state index contributed by atoms with van der Waals surface area (Å²) in [6.45, 7) is 3.78. The molecule has 1 rings (SSSR count). The van der Waals surface area contributed by atoms with Crippen LogP contribution in [0.5, 0.6) is 0 Å². The number of aliphatic hydroxyl groups excluding tert-OH is 1. The van der Waals surface area contributed by atoms with Gasteiger partial charge in [-0.25, -0.2) is 4.98 Å². The molecule has 3 heteroatoms. The maximum Gasteiger partial charge on any atom is 0.0945 e. The minimum atomic E-state index is -0.314. The van der Waals surface area contributed by atoms with E-state index in [-0.39, 0.29) is 12.0 Å². The Kier molecular flexibility index (Phi) is 2.29. The Morgan fingerprint density at radius 1 is 1.55 bits per heavy atom. The first-order valence-electron chi connectivity index (χ1n) is 3.77. The number of aromatic nitrogens is 2. The number of imidazole rings is 1. The standard InChI is InChI=1S/C8H14N2O/c1-6(7(2)11)8-4-9-5-10(8)3/h4-7,11H,1-3H3. The molecule has 3 nitrogen and oxygen atoms in total. The molecule has 0 bridgehead atoms. The zero-order valence-corrected chi connectivity index (χ0v) is 7.15. The average molecular weight is 154 g/mol. The van der Waals surface area contributed by atoms with Crippen LogP contribution in [0.4, 0.5) is 0 Å². The van der Waals surface area contributed by atoms with Crippen LogP contribution < -0.4 is 0 Å². The van der Waals surface area contributed by atoms with Crippen molar-refractivity contribution in [2.75, 3.05) is 0 Å². The minimum Gasteiger partial charge on any atom is -0.393 e. The summed E-state index contributed by atoms with van der Waals surface area (Å²) in [6.07, 6.45) is 3.22. The van der Waals surface area contributed by atoms with Gasteiger partial charge in [0, 0.05) is 24.9 Å². The molecule has 0 saturated carbocycles. The predicted octanol–water partition coefficient (Wildman–Crippen LogP) is 0.904. The molecule has 2 unspecified atom stereocenters. The van der Waals surface area contributed by atoms with E-state index < -0.39 is 0 Å². The van der Waals surface area contributed by atoms with Crippen LogP contribution in [0.2, 0.25) is 0 Å². The SMILES string of the molecule is CC(O)C(C)c1cncn1C. The highest BCUT2D eigenvalue weighted by Crippen LogP contribution is 2.16. The Morgan fingerprint density at radius 3 is 2.55 bits per heavy atom. The van der Waals surface area contributed by atoms with Crippen molar-refractivity contribution in [2.45, 2.75) is 25.9 Å². The molecule has 1 aromatic rings. The third kappa shape index (κ3) is 1.60. The lowest BCUT2D eigenvalue weighted by atomic mass is 10.0. The molecule has 1 aromatic heterocycles. The average Bonchev–Trinajstić information content (AvgIpc) is 2.33. The molecule has 1 heterocycles. The summed E-state index contributed by atoms with van der Waals surface area (Å²) < 4.78 is 1.93. The first kappa shape index (κ1) is 8.27. The smallest absolute Gasteiger partial charge is 0.0945 e. The molecule has 11 heavy (non-hydrogen) atoms. The Hall–Kier alpha value is -0.830. The summed E-state index contributed by atoms with van der Waals surface area (Å²) in [5.41, 5.74) is 1.07. The summed E-state index contributed by atoms with van der Waals surface area (Å²) >= 11 is 0. The van der Waals surface area contributed by atoms with Crippen LogP contribution in [-0.4, -0.2) is 20.8 Å². The quantitative estimate of drug-likeness (QED) is 0.687. The van der Waals surface area contributed by atoms with Gasteiger partial charge in [-0.1, -0.05) is 6.92 Å². The van der Waals surface area contributed by atoms with E-state index >= 15 is 0 Å². The molecule has 0 fully saturated rings. The van der Waals surface area contributed by atoms with Crippen molar-refractivity contribution in [3.05, 3.63) is 18.2 Å². The molecule has 0 amide bonds. The van der Waals surface area contributed by atoms with Gasteiger partial charge in [0.2, 0.25) is 0 Å². The highest BCUT2D eigenvalue weighted by Gasteiger charge is 2.13. The van der Waals surface area contributed by atoms with Crippen molar-refractivity contribution in [1.29, 1.82) is 0 Å². The van der Waals surface area contributed by atoms with Crippen LogP contribution in [0.1, 0.15) is 25.5 Å². The van der Waals surface area contributed by atoms with Crippen molar-refractivity contribution in [3.63, 3.8) is 0 Å². The monoisotopic (exact) mass is 154 g/mol. The van der Waals surface area contributed by atoms with Crippen molar-refractivity contribution >= 4 is 0 Å². The van der Waals surface area contributed by atoms with Crippen LogP contribution in [0.25, 0.3) is 0 Å². The van der Waals surface area contributed by atoms with Crippen molar-refractivity contribution in [2.24, 2.45) is 7.05 Å². The largest absolute Gasteiger partial charge is 0.393 e. The Morgan fingerprint density at radius 2 is 2.18 bits per heavy atom. The van der Waals surface area contributed by atoms with Gasteiger partial charge in [0.25, 0.3) is 0 Å². The third-order valence-electron chi connectivity index (χ3n) is 2.04. The van der Waals surface area contributed by atoms with Gasteiger partial charge in [-0.15, -0.1) is 0 Å². The second kappa shape index (κ2) is 3.05. The Labute approximate surface area is 66.7 Å². The molecule has 0 aromatic carbocycles. The molecule has 0 radical (unpaired) electrons. The molecule has 0 spiro atoms. The van der Waals surface area contributed by atoms with Crippen LogP contribution in [0.15, 0.2) is 12.5 Å². The molecular formula is C8H14N2O. The van der Waals surface area contributed by atoms with Gasteiger partial charge in [0.05, 0.1) is 12.4 Å². The van der Waals surface area contributed by atoms with E-state index in [1.54, 1.807) is 19.4 Å². The normalized spacial score (nSPS) is 16.4. The highest BCUT2D eigenvalue weighted by molar-refractivity contribution is 5.05. The fourth-order valence-corrected chi connectivity index (χ4v) is 1.05. The molecule has 0 saturated heterocycles. The fourth-order valence-electron chi connectivity index (χ4n) is 1.05. The van der Waals surface area contributed by atoms with E-state index in [0.29, 0.717) is 0 Å². The van der Waals surface area contributed by atoms with Crippen LogP contribution in [-0.2, 0) is 7.05 Å². The Balaban J connectivity index is 2.84. The third-order valence-corrected chi connectivity index (χ3v) is 2.04. The number of aliphatic hydroxyl groups is 1. The Bertz CT molecular complexity index is 230. The second-order valence-electron chi connectivity index (χ2n) is 2.96. The van der Waals surface area contributed by atoms with Gasteiger partial charge in [-0.3, -0.25) is 0 Å². The zero-order valence-electron chi connectivity index (χ0n) is 7.15. The van der Waals surface area contributed by atoms with E-state index in [4.69, 9.17) is 0 Å². The highest BCUT2D eigenvalue weighted by atomic mass is 16.3. The van der Waals surface area contributed by atoms with Crippen molar-refractivity contribution in [1.82, 2.24) is 9.55 Å². The number of aryl methyl sites for hydroxylation is 1. The van der Waals surface area contributed by atoms with E-state index in [9.17, 15) is 5.11 Å². The summed E-state index contributed by atoms with van der Waals surface area (Å²) in [5.74, 6) is 0.155. The van der Waals surface area contributed by atoms with E-state index in [0.717, 1.165) is 5.69 Å². The predicted molar refractivity (Wildman–Crippen MR) is 43.3 cm³/mol. The lowest BCUT2D eigenvalue weighted by Gasteiger charge is -2.14. The summed E-state index contributed by atoms with van der Waals surface area (Å²) in [6, 6.07) is 0. The number of nitrogens with zero attached hydrogens (tertiary/aromatic N) is 2. The molecular weight excluding hydrogens is 140 g/mol. The molecule has 1 N–H and O–H groups in total. The number of hydrogen-bond acceptors (Lipinski definition) is 2. The first-order valence-corrected chi connectivity index (χ1v) is 3.77. The van der Waals surface area contributed by atoms with Gasteiger partial charge in [-0.05, 0) is 6.92 Å². The van der Waals surface area contributed by atoms with Gasteiger partial charge >= 0.3 is 0 Å². The summed E-state index contributed by atoms with van der Waals surface area (Å²) in [4.78, 5) is 3.98. The molecule has 0 aliphatic heterocycles. The van der Waals surface area contributed by atoms with Gasteiger partial charge < -0.3 is 9.67 Å². The lowest BCUT2D eigenvalue weighted by Crippen LogP contribution is -2.13. The molecule has 0 aliphatic carbocycles. The first-order chi connectivity index (χ1) is 5.13. The summed E-state index contributed by atoms with van der Waals surface area (Å²) in [5, 5.41) is 9.28. The topological polar surface area (TPSA) is 38.1 Å². The maximum atomic E-state index is 9.28. The van der Waals surface area contributed by atoms with Crippen molar-refractivity contribution < 1.29 is 5.11 Å². The number of hydrogen-bond donors (Lipinski definition) is 1. The molecule has 62 valence electrons. The maximum absolute atomic E-state index is 9.28. The zero-order chi connectivity index (χ0) is 8.43. The van der Waals surface area contributed by atoms with E-state index in [1.165, 1.54) is 0 Å². The van der Waals surface area contributed by atoms with Gasteiger partial charge in [0.1, 0.15) is 0 Å². The van der Waals surface area contributed by atoms with E-state index in [2.05, 4.69) is 4.98 Å². The van der Waals surface area contributed by atoms with Gasteiger partial charge in [-0.2, -0.15) is 0 Å². The lowest BCUT2D eigenvalue weighted by molar-refractivity contribution is 0.166. The van der Waals surface area contributed by atoms with E-state index in [1.807, 2.05) is 18.5 Å². The summed E-state index contributed by atoms with van der Waals surface area (Å²) in [7, 11) is 1.93. The van der Waals surface area contributed by atoms with Gasteiger partial charge in [0.15, 0.2) is 0 Å². The van der Waals surface area contributed by atoms with Crippen LogP contribution >= 0.6 is 0 Å². The fraction of sp³-hybridized carbons (Fsp3) is 0.625. The molecule has 2 atom stereocenters. The van der Waals surface area contributed by atoms with Crippen molar-refractivity contribution in [3.8, 4) is 0 Å². The second-order valence-corrected chi connectivity index (χ2v) is 2.96. The minimum absolute atomic E-state index is 0.155. The molecule has 0 aliphatic rings. The van der Waals surface area contributed by atoms with Crippen LogP contribution in [0, 0.1) is 0 Å². The van der Waals surface area contributed by atoms with Crippen LogP contribution in [0.3, 0.4) is 0 Å².